The lowest BCUT2D eigenvalue weighted by Crippen LogP contribution is -1.85. The van der Waals surface area contributed by atoms with Crippen LogP contribution in [0.1, 0.15) is 18.9 Å². The molecule has 0 aliphatic heterocycles. The highest BCUT2D eigenvalue weighted by atomic mass is 127. The first-order valence-electron chi connectivity index (χ1n) is 4.10. The predicted octanol–water partition coefficient (Wildman–Crippen LogP) is 3.97. The van der Waals surface area contributed by atoms with Crippen molar-refractivity contribution in [2.45, 2.75) is 24.7 Å². The molecule has 1 aromatic carbocycles. The molecular weight excluding hydrogens is 279 g/mol. The Hall–Kier alpha value is 0.300. The molecule has 0 fully saturated rings. The van der Waals surface area contributed by atoms with Gasteiger partial charge in [0.2, 0.25) is 0 Å². The lowest BCUT2D eigenvalue weighted by molar-refractivity contribution is 0.918. The van der Waals surface area contributed by atoms with Gasteiger partial charge in [0.1, 0.15) is 0 Å². The molecule has 0 heterocycles. The van der Waals surface area contributed by atoms with E-state index in [0.29, 0.717) is 0 Å². The Morgan fingerprint density at radius 3 is 2.67 bits per heavy atom. The zero-order chi connectivity index (χ0) is 8.97. The van der Waals surface area contributed by atoms with Crippen LogP contribution in [0.15, 0.2) is 23.1 Å². The van der Waals surface area contributed by atoms with E-state index in [2.05, 4.69) is 54.0 Å². The largest absolute Gasteiger partial charge is 0.128 e. The fourth-order valence-electron chi connectivity index (χ4n) is 1.15. The smallest absolute Gasteiger partial charge is 0.0268 e. The molecule has 1 rings (SSSR count). The Morgan fingerprint density at radius 2 is 2.17 bits per heavy atom. The Labute approximate surface area is 92.3 Å². The maximum atomic E-state index is 2.40. The van der Waals surface area contributed by atoms with Crippen molar-refractivity contribution in [2.24, 2.45) is 0 Å². The Balaban J connectivity index is 2.86. The molecule has 0 spiro atoms. The molecule has 0 N–H and O–H groups in total. The number of halogens is 1. The SMILES string of the molecule is CCCc1ccc(SC)c(I)c1. The maximum absolute atomic E-state index is 2.40. The van der Waals surface area contributed by atoms with E-state index in [0.717, 1.165) is 0 Å². The highest BCUT2D eigenvalue weighted by Gasteiger charge is 1.98. The summed E-state index contributed by atoms with van der Waals surface area (Å²) in [6.07, 6.45) is 4.55. The zero-order valence-electron chi connectivity index (χ0n) is 7.43. The summed E-state index contributed by atoms with van der Waals surface area (Å²) in [7, 11) is 0. The third-order valence-electron chi connectivity index (χ3n) is 1.75. The van der Waals surface area contributed by atoms with E-state index in [9.17, 15) is 0 Å². The van der Waals surface area contributed by atoms with Crippen LogP contribution in [0.25, 0.3) is 0 Å². The maximum Gasteiger partial charge on any atom is 0.0268 e. The molecule has 12 heavy (non-hydrogen) atoms. The summed E-state index contributed by atoms with van der Waals surface area (Å²) in [5, 5.41) is 0. The van der Waals surface area contributed by atoms with Crippen LogP contribution in [0.4, 0.5) is 0 Å². The number of rotatable bonds is 3. The van der Waals surface area contributed by atoms with Gasteiger partial charge in [0.05, 0.1) is 0 Å². The first-order valence-corrected chi connectivity index (χ1v) is 6.40. The Bertz CT molecular complexity index is 258. The molecular formula is C10H13IS. The molecule has 66 valence electrons. The monoisotopic (exact) mass is 292 g/mol. The molecule has 0 bridgehead atoms. The fraction of sp³-hybridized carbons (Fsp3) is 0.400. The molecule has 0 unspecified atom stereocenters. The van der Waals surface area contributed by atoms with E-state index in [-0.39, 0.29) is 0 Å². The number of hydrogen-bond acceptors (Lipinski definition) is 1. The molecule has 0 aromatic heterocycles. The van der Waals surface area contributed by atoms with Crippen molar-refractivity contribution in [3.8, 4) is 0 Å². The van der Waals surface area contributed by atoms with Crippen molar-refractivity contribution in [3.05, 3.63) is 27.3 Å². The molecule has 1 aromatic rings. The quantitative estimate of drug-likeness (QED) is 0.600. The van der Waals surface area contributed by atoms with E-state index >= 15 is 0 Å². The molecule has 0 radical (unpaired) electrons. The van der Waals surface area contributed by atoms with Crippen molar-refractivity contribution in [1.82, 2.24) is 0 Å². The van der Waals surface area contributed by atoms with Crippen LogP contribution in [0, 0.1) is 3.57 Å². The third-order valence-corrected chi connectivity index (χ3v) is 3.81. The molecule has 0 nitrogen and oxygen atoms in total. The van der Waals surface area contributed by atoms with Gasteiger partial charge in [-0.15, -0.1) is 11.8 Å². The van der Waals surface area contributed by atoms with Crippen LogP contribution in [-0.2, 0) is 6.42 Å². The molecule has 0 amide bonds. The van der Waals surface area contributed by atoms with Gasteiger partial charge in [-0.2, -0.15) is 0 Å². The van der Waals surface area contributed by atoms with Crippen LogP contribution < -0.4 is 0 Å². The minimum atomic E-state index is 1.20. The van der Waals surface area contributed by atoms with Crippen molar-refractivity contribution >= 4 is 34.4 Å². The van der Waals surface area contributed by atoms with E-state index in [1.165, 1.54) is 26.9 Å². The minimum Gasteiger partial charge on any atom is -0.128 e. The predicted molar refractivity (Wildman–Crippen MR) is 64.9 cm³/mol. The van der Waals surface area contributed by atoms with Gasteiger partial charge in [-0.05, 0) is 53.0 Å². The van der Waals surface area contributed by atoms with Gasteiger partial charge in [0.25, 0.3) is 0 Å². The topological polar surface area (TPSA) is 0 Å². The second-order valence-electron chi connectivity index (χ2n) is 2.72. The highest BCUT2D eigenvalue weighted by Crippen LogP contribution is 2.23. The number of aryl methyl sites for hydroxylation is 1. The molecule has 2 heteroatoms. The fourth-order valence-corrected chi connectivity index (χ4v) is 2.85. The zero-order valence-corrected chi connectivity index (χ0v) is 10.4. The van der Waals surface area contributed by atoms with Gasteiger partial charge in [0, 0.05) is 8.47 Å². The van der Waals surface area contributed by atoms with Crippen LogP contribution in [0.5, 0.6) is 0 Å². The molecule has 0 atom stereocenters. The average molecular weight is 292 g/mol. The van der Waals surface area contributed by atoms with Crippen molar-refractivity contribution < 1.29 is 0 Å². The standard InChI is InChI=1S/C10H13IS/c1-3-4-8-5-6-10(12-2)9(11)7-8/h5-7H,3-4H2,1-2H3. The van der Waals surface area contributed by atoms with E-state index in [1.54, 1.807) is 0 Å². The van der Waals surface area contributed by atoms with Crippen LogP contribution in [0.3, 0.4) is 0 Å². The molecule has 0 saturated heterocycles. The summed E-state index contributed by atoms with van der Waals surface area (Å²) < 4.78 is 1.38. The van der Waals surface area contributed by atoms with Crippen molar-refractivity contribution in [2.75, 3.05) is 6.26 Å². The van der Waals surface area contributed by atoms with Gasteiger partial charge in [-0.1, -0.05) is 19.4 Å². The number of benzene rings is 1. The lowest BCUT2D eigenvalue weighted by atomic mass is 10.1. The van der Waals surface area contributed by atoms with Gasteiger partial charge >= 0.3 is 0 Å². The van der Waals surface area contributed by atoms with E-state index in [1.807, 2.05) is 11.8 Å². The second-order valence-corrected chi connectivity index (χ2v) is 4.73. The second kappa shape index (κ2) is 5.12. The van der Waals surface area contributed by atoms with Crippen LogP contribution in [0.2, 0.25) is 0 Å². The van der Waals surface area contributed by atoms with Gasteiger partial charge in [-0.25, -0.2) is 0 Å². The number of thioether (sulfide) groups is 1. The Kier molecular flexibility index (Phi) is 4.43. The molecule has 0 aliphatic carbocycles. The Morgan fingerprint density at radius 1 is 1.42 bits per heavy atom. The van der Waals surface area contributed by atoms with Crippen molar-refractivity contribution in [3.63, 3.8) is 0 Å². The third kappa shape index (κ3) is 2.66. The normalized spacial score (nSPS) is 10.2. The highest BCUT2D eigenvalue weighted by molar-refractivity contribution is 14.1. The van der Waals surface area contributed by atoms with Crippen LogP contribution >= 0.6 is 34.4 Å². The summed E-state index contributed by atoms with van der Waals surface area (Å²) in [6, 6.07) is 6.74. The van der Waals surface area contributed by atoms with Crippen molar-refractivity contribution in [1.29, 1.82) is 0 Å². The van der Waals surface area contributed by atoms with Gasteiger partial charge < -0.3 is 0 Å². The lowest BCUT2D eigenvalue weighted by Gasteiger charge is -2.03. The first kappa shape index (κ1) is 10.4. The van der Waals surface area contributed by atoms with E-state index < -0.39 is 0 Å². The van der Waals surface area contributed by atoms with Gasteiger partial charge in [0.15, 0.2) is 0 Å². The van der Waals surface area contributed by atoms with Gasteiger partial charge in [-0.3, -0.25) is 0 Å². The minimum absolute atomic E-state index is 1.20. The molecule has 0 saturated carbocycles. The average Bonchev–Trinajstić information content (AvgIpc) is 2.05. The van der Waals surface area contributed by atoms with Crippen LogP contribution in [-0.4, -0.2) is 6.26 Å². The summed E-state index contributed by atoms with van der Waals surface area (Å²) >= 11 is 4.22. The summed E-state index contributed by atoms with van der Waals surface area (Å²) in [5.74, 6) is 0. The summed E-state index contributed by atoms with van der Waals surface area (Å²) in [5.41, 5.74) is 1.46. The van der Waals surface area contributed by atoms with E-state index in [4.69, 9.17) is 0 Å². The summed E-state index contributed by atoms with van der Waals surface area (Å²) in [6.45, 7) is 2.22. The molecule has 0 aliphatic rings. The summed E-state index contributed by atoms with van der Waals surface area (Å²) in [4.78, 5) is 1.38. The first-order chi connectivity index (χ1) is 5.77. The number of hydrogen-bond donors (Lipinski definition) is 0.